The largest absolute Gasteiger partial charge is 0.392 e. The van der Waals surface area contributed by atoms with Crippen molar-refractivity contribution >= 4 is 0 Å². The molecular weight excluding hydrogens is 130 g/mol. The Morgan fingerprint density at radius 1 is 1.70 bits per heavy atom. The van der Waals surface area contributed by atoms with Crippen LogP contribution in [0.5, 0.6) is 0 Å². The Kier molecular flexibility index (Phi) is 4.91. The first-order valence-corrected chi connectivity index (χ1v) is 3.42. The van der Waals surface area contributed by atoms with Crippen LogP contribution in [0.1, 0.15) is 19.8 Å². The van der Waals surface area contributed by atoms with E-state index < -0.39 is 12.0 Å². The number of aliphatic hydroxyl groups is 1. The molecule has 10 heavy (non-hydrogen) atoms. The molecule has 0 rings (SSSR count). The molecule has 0 amide bonds. The first-order valence-electron chi connectivity index (χ1n) is 3.42. The minimum absolute atomic E-state index is 0.255. The van der Waals surface area contributed by atoms with Crippen molar-refractivity contribution in [2.75, 3.05) is 6.61 Å². The van der Waals surface area contributed by atoms with Gasteiger partial charge in [0.15, 0.2) is 0 Å². The van der Waals surface area contributed by atoms with Crippen molar-refractivity contribution < 1.29 is 10.2 Å². The monoisotopic (exact) mass is 142 g/mol. The van der Waals surface area contributed by atoms with Gasteiger partial charge in [0.2, 0.25) is 0 Å². The van der Waals surface area contributed by atoms with E-state index in [1.807, 2.05) is 6.07 Å². The predicted octanol–water partition coefficient (Wildman–Crippen LogP) is 0.718. The molecule has 0 saturated heterocycles. The highest BCUT2D eigenvalue weighted by molar-refractivity contribution is 4.87. The van der Waals surface area contributed by atoms with Crippen LogP contribution in [-0.2, 0) is 5.11 Å². The molecule has 2 unspecified atom stereocenters. The smallest absolute Gasteiger partial charge is 0.0835 e. The predicted molar refractivity (Wildman–Crippen MR) is 35.6 cm³/mol. The molecule has 0 fully saturated rings. The molecule has 1 radical (unpaired) electrons. The summed E-state index contributed by atoms with van der Waals surface area (Å²) >= 11 is 0. The van der Waals surface area contributed by atoms with Gasteiger partial charge in [0.1, 0.15) is 0 Å². The molecule has 0 spiro atoms. The van der Waals surface area contributed by atoms with E-state index >= 15 is 0 Å². The molecule has 1 N–H and O–H groups in total. The van der Waals surface area contributed by atoms with Gasteiger partial charge in [0, 0.05) is 0 Å². The van der Waals surface area contributed by atoms with Crippen molar-refractivity contribution in [2.45, 2.75) is 25.9 Å². The van der Waals surface area contributed by atoms with E-state index in [4.69, 9.17) is 10.4 Å². The lowest BCUT2D eigenvalue weighted by Gasteiger charge is -2.11. The molecule has 0 heterocycles. The van der Waals surface area contributed by atoms with Crippen LogP contribution in [0.25, 0.3) is 0 Å². The number of rotatable bonds is 4. The highest BCUT2D eigenvalue weighted by Crippen LogP contribution is 2.09. The molecule has 0 aliphatic rings. The van der Waals surface area contributed by atoms with Gasteiger partial charge in [-0.15, -0.1) is 0 Å². The fraction of sp³-hybridized carbons (Fsp3) is 0.857. The van der Waals surface area contributed by atoms with Crippen molar-refractivity contribution in [1.82, 2.24) is 0 Å². The van der Waals surface area contributed by atoms with Gasteiger partial charge < -0.3 is 5.11 Å². The summed E-state index contributed by atoms with van der Waals surface area (Å²) in [6.45, 7) is 1.51. The number of hydrogen-bond acceptors (Lipinski definition) is 2. The Hall–Kier alpha value is -0.590. The van der Waals surface area contributed by atoms with E-state index in [1.165, 1.54) is 0 Å². The molecular formula is C7H12NO2. The first kappa shape index (κ1) is 9.41. The zero-order valence-electron chi connectivity index (χ0n) is 6.08. The van der Waals surface area contributed by atoms with Crippen LogP contribution in [-0.4, -0.2) is 17.8 Å². The third-order valence-corrected chi connectivity index (χ3v) is 1.48. The van der Waals surface area contributed by atoms with E-state index in [9.17, 15) is 5.11 Å². The average molecular weight is 142 g/mol. The van der Waals surface area contributed by atoms with Gasteiger partial charge in [-0.25, -0.2) is 5.11 Å². The van der Waals surface area contributed by atoms with Crippen LogP contribution in [0.15, 0.2) is 0 Å². The van der Waals surface area contributed by atoms with Crippen molar-refractivity contribution in [3.63, 3.8) is 0 Å². The zero-order valence-corrected chi connectivity index (χ0v) is 6.08. The third-order valence-electron chi connectivity index (χ3n) is 1.48. The second kappa shape index (κ2) is 5.21. The second-order valence-electron chi connectivity index (χ2n) is 2.20. The lowest BCUT2D eigenvalue weighted by atomic mass is 9.99. The molecule has 0 aromatic rings. The van der Waals surface area contributed by atoms with E-state index in [-0.39, 0.29) is 13.0 Å². The van der Waals surface area contributed by atoms with Crippen LogP contribution in [0, 0.1) is 17.2 Å². The standard InChI is InChI=1S/C7H12NO2/c1-2-7(10)6(5-8)3-4-9/h6-7,10H,2-4H2,1H3. The van der Waals surface area contributed by atoms with Crippen LogP contribution < -0.4 is 0 Å². The number of aliphatic hydroxyl groups excluding tert-OH is 1. The maximum Gasteiger partial charge on any atom is 0.0835 e. The molecule has 2 atom stereocenters. The van der Waals surface area contributed by atoms with Crippen molar-refractivity contribution in [1.29, 1.82) is 5.26 Å². The summed E-state index contributed by atoms with van der Waals surface area (Å²) in [7, 11) is 0. The molecule has 3 nitrogen and oxygen atoms in total. The van der Waals surface area contributed by atoms with E-state index in [0.29, 0.717) is 6.42 Å². The van der Waals surface area contributed by atoms with Crippen LogP contribution in [0.4, 0.5) is 0 Å². The average Bonchev–Trinajstić information content (AvgIpc) is 1.99. The van der Waals surface area contributed by atoms with Gasteiger partial charge in [-0.05, 0) is 12.8 Å². The quantitative estimate of drug-likeness (QED) is 0.628. The molecule has 0 aromatic carbocycles. The van der Waals surface area contributed by atoms with Gasteiger partial charge in [-0.3, -0.25) is 0 Å². The lowest BCUT2D eigenvalue weighted by molar-refractivity contribution is 0.0977. The Labute approximate surface area is 60.9 Å². The topological polar surface area (TPSA) is 63.9 Å². The lowest BCUT2D eigenvalue weighted by Crippen LogP contribution is -2.18. The summed E-state index contributed by atoms with van der Waals surface area (Å²) < 4.78 is 0. The SMILES string of the molecule is CCC(O)C(C#N)CC[O]. The molecule has 3 heteroatoms. The Morgan fingerprint density at radius 3 is 2.60 bits per heavy atom. The summed E-state index contributed by atoms with van der Waals surface area (Å²) in [6, 6.07) is 1.90. The summed E-state index contributed by atoms with van der Waals surface area (Å²) in [5.74, 6) is -0.470. The van der Waals surface area contributed by atoms with Crippen molar-refractivity contribution in [2.24, 2.45) is 5.92 Å². The minimum Gasteiger partial charge on any atom is -0.392 e. The van der Waals surface area contributed by atoms with Gasteiger partial charge in [0.25, 0.3) is 0 Å². The van der Waals surface area contributed by atoms with Gasteiger partial charge in [-0.2, -0.15) is 5.26 Å². The van der Waals surface area contributed by atoms with Crippen molar-refractivity contribution in [3.05, 3.63) is 0 Å². The third kappa shape index (κ3) is 2.81. The van der Waals surface area contributed by atoms with Crippen LogP contribution >= 0.6 is 0 Å². The molecule has 0 aromatic heterocycles. The number of nitriles is 1. The van der Waals surface area contributed by atoms with E-state index in [1.54, 1.807) is 6.92 Å². The number of nitrogens with zero attached hydrogens (tertiary/aromatic N) is 1. The summed E-state index contributed by atoms with van der Waals surface area (Å²) in [4.78, 5) is 0. The number of hydrogen-bond donors (Lipinski definition) is 1. The fourth-order valence-electron chi connectivity index (χ4n) is 0.754. The molecule has 57 valence electrons. The molecule has 0 saturated carbocycles. The second-order valence-corrected chi connectivity index (χ2v) is 2.20. The Balaban J connectivity index is 3.71. The van der Waals surface area contributed by atoms with Gasteiger partial charge >= 0.3 is 0 Å². The highest BCUT2D eigenvalue weighted by Gasteiger charge is 2.15. The van der Waals surface area contributed by atoms with E-state index in [2.05, 4.69) is 0 Å². The molecule has 0 aliphatic heterocycles. The fourth-order valence-corrected chi connectivity index (χ4v) is 0.754. The zero-order chi connectivity index (χ0) is 7.98. The Morgan fingerprint density at radius 2 is 2.30 bits per heavy atom. The van der Waals surface area contributed by atoms with Crippen LogP contribution in [0.3, 0.4) is 0 Å². The molecule has 0 aliphatic carbocycles. The summed E-state index contributed by atoms with van der Waals surface area (Å²) in [5, 5.41) is 27.6. The normalized spacial score (nSPS) is 15.8. The maximum absolute atomic E-state index is 10.1. The summed E-state index contributed by atoms with van der Waals surface area (Å²) in [6.07, 6.45) is 0.169. The Bertz CT molecular complexity index is 119. The van der Waals surface area contributed by atoms with Gasteiger partial charge in [-0.1, -0.05) is 6.92 Å². The van der Waals surface area contributed by atoms with Gasteiger partial charge in [0.05, 0.1) is 24.7 Å². The van der Waals surface area contributed by atoms with Crippen molar-refractivity contribution in [3.8, 4) is 6.07 Å². The minimum atomic E-state index is -0.626. The first-order chi connectivity index (χ1) is 4.76. The summed E-state index contributed by atoms with van der Waals surface area (Å²) in [5.41, 5.74) is 0. The molecule has 0 bridgehead atoms. The van der Waals surface area contributed by atoms with E-state index in [0.717, 1.165) is 0 Å². The maximum atomic E-state index is 10.1. The highest BCUT2D eigenvalue weighted by atomic mass is 16.3. The van der Waals surface area contributed by atoms with Crippen LogP contribution in [0.2, 0.25) is 0 Å².